The Balaban J connectivity index is 1.99. The van der Waals surface area contributed by atoms with Gasteiger partial charge in [-0.05, 0) is 43.6 Å². The van der Waals surface area contributed by atoms with Crippen LogP contribution in [0.2, 0.25) is 0 Å². The highest BCUT2D eigenvalue weighted by Gasteiger charge is 2.32. The van der Waals surface area contributed by atoms with Crippen molar-refractivity contribution in [2.75, 3.05) is 34.4 Å². The van der Waals surface area contributed by atoms with E-state index >= 15 is 0 Å². The van der Waals surface area contributed by atoms with Crippen LogP contribution in [0.1, 0.15) is 12.0 Å². The molecule has 0 aromatic heterocycles. The van der Waals surface area contributed by atoms with E-state index < -0.39 is 12.0 Å². The molecule has 2 unspecified atom stereocenters. The number of ether oxygens (including phenoxy) is 2. The number of nitrogens with one attached hydrogen (secondary N) is 1. The summed E-state index contributed by atoms with van der Waals surface area (Å²) in [6.45, 7) is 2.48. The van der Waals surface area contributed by atoms with Gasteiger partial charge in [0.05, 0.1) is 14.2 Å². The van der Waals surface area contributed by atoms with Gasteiger partial charge in [-0.25, -0.2) is 0 Å². The molecule has 0 radical (unpaired) electrons. The fraction of sp³-hybridized carbons (Fsp3) is 0.562. The summed E-state index contributed by atoms with van der Waals surface area (Å²) in [5, 5.41) is 12.1. The molecule has 6 nitrogen and oxygen atoms in total. The summed E-state index contributed by atoms with van der Waals surface area (Å²) in [7, 11) is 4.94. The van der Waals surface area contributed by atoms with E-state index in [9.17, 15) is 9.90 Å². The second-order valence-corrected chi connectivity index (χ2v) is 5.58. The zero-order chi connectivity index (χ0) is 16.1. The average Bonchev–Trinajstić information content (AvgIpc) is 2.95. The normalized spacial score (nSPS) is 19.9. The second kappa shape index (κ2) is 7.47. The van der Waals surface area contributed by atoms with Crippen molar-refractivity contribution in [2.45, 2.75) is 19.0 Å². The van der Waals surface area contributed by atoms with Crippen LogP contribution in [-0.4, -0.2) is 56.4 Å². The van der Waals surface area contributed by atoms with Gasteiger partial charge < -0.3 is 19.9 Å². The van der Waals surface area contributed by atoms with Gasteiger partial charge in [-0.1, -0.05) is 6.07 Å². The first-order chi connectivity index (χ1) is 10.6. The van der Waals surface area contributed by atoms with Gasteiger partial charge in [0.15, 0.2) is 11.5 Å². The van der Waals surface area contributed by atoms with Gasteiger partial charge in [-0.2, -0.15) is 0 Å². The third-order valence-corrected chi connectivity index (χ3v) is 4.21. The van der Waals surface area contributed by atoms with E-state index in [1.807, 2.05) is 18.2 Å². The second-order valence-electron chi connectivity index (χ2n) is 5.58. The van der Waals surface area contributed by atoms with Crippen LogP contribution in [0.4, 0.5) is 0 Å². The lowest BCUT2D eigenvalue weighted by molar-refractivity contribution is -0.140. The predicted octanol–water partition coefficient (Wildman–Crippen LogP) is 1.20. The number of carboxylic acids is 1. The molecule has 22 heavy (non-hydrogen) atoms. The van der Waals surface area contributed by atoms with Crippen molar-refractivity contribution < 1.29 is 19.4 Å². The van der Waals surface area contributed by atoms with E-state index in [1.54, 1.807) is 21.3 Å². The van der Waals surface area contributed by atoms with Crippen LogP contribution in [0, 0.1) is 5.92 Å². The minimum absolute atomic E-state index is 0.141. The molecule has 6 heteroatoms. The number of hydrogen-bond acceptors (Lipinski definition) is 5. The first kappa shape index (κ1) is 16.6. The number of carboxylic acid groups (broad SMARTS) is 1. The number of rotatable bonds is 7. The molecule has 1 heterocycles. The highest BCUT2D eigenvalue weighted by molar-refractivity contribution is 5.73. The summed E-state index contributed by atoms with van der Waals surface area (Å²) >= 11 is 0. The molecular formula is C16H24N2O4. The first-order valence-corrected chi connectivity index (χ1v) is 7.42. The third-order valence-electron chi connectivity index (χ3n) is 4.21. The average molecular weight is 308 g/mol. The van der Waals surface area contributed by atoms with Gasteiger partial charge in [0.1, 0.15) is 6.04 Å². The smallest absolute Gasteiger partial charge is 0.321 e. The van der Waals surface area contributed by atoms with Gasteiger partial charge >= 0.3 is 5.97 Å². The summed E-state index contributed by atoms with van der Waals surface area (Å²) < 4.78 is 10.6. The largest absolute Gasteiger partial charge is 0.493 e. The van der Waals surface area contributed by atoms with Crippen molar-refractivity contribution >= 4 is 5.97 Å². The van der Waals surface area contributed by atoms with Crippen LogP contribution in [0.25, 0.3) is 0 Å². The Morgan fingerprint density at radius 2 is 2.14 bits per heavy atom. The molecule has 1 aliphatic rings. The van der Waals surface area contributed by atoms with Crippen LogP contribution < -0.4 is 14.8 Å². The summed E-state index contributed by atoms with van der Waals surface area (Å²) in [4.78, 5) is 13.5. The maximum absolute atomic E-state index is 11.2. The molecule has 1 saturated heterocycles. The van der Waals surface area contributed by atoms with Crippen molar-refractivity contribution in [2.24, 2.45) is 5.92 Å². The zero-order valence-corrected chi connectivity index (χ0v) is 13.3. The van der Waals surface area contributed by atoms with E-state index in [4.69, 9.17) is 9.47 Å². The molecule has 2 N–H and O–H groups in total. The minimum atomic E-state index is -0.777. The topological polar surface area (TPSA) is 71.0 Å². The first-order valence-electron chi connectivity index (χ1n) is 7.42. The number of likely N-dealkylation sites (tertiary alicyclic amines) is 1. The number of hydrogen-bond donors (Lipinski definition) is 2. The molecule has 1 aromatic rings. The van der Waals surface area contributed by atoms with Gasteiger partial charge in [-0.15, -0.1) is 0 Å². The molecule has 2 rings (SSSR count). The van der Waals surface area contributed by atoms with Crippen LogP contribution in [0.15, 0.2) is 18.2 Å². The van der Waals surface area contributed by atoms with E-state index in [0.29, 0.717) is 5.75 Å². The molecule has 1 aromatic carbocycles. The van der Waals surface area contributed by atoms with Gasteiger partial charge in [0, 0.05) is 13.1 Å². The minimum Gasteiger partial charge on any atom is -0.493 e. The molecule has 1 aliphatic heterocycles. The lowest BCUT2D eigenvalue weighted by Crippen LogP contribution is -2.41. The number of carbonyl (C=O) groups is 1. The van der Waals surface area contributed by atoms with Crippen LogP contribution >= 0.6 is 0 Å². The summed E-state index contributed by atoms with van der Waals surface area (Å²) in [6, 6.07) is 5.41. The lowest BCUT2D eigenvalue weighted by Gasteiger charge is -2.20. The van der Waals surface area contributed by atoms with Gasteiger partial charge in [-0.3, -0.25) is 9.69 Å². The number of nitrogens with zero attached hydrogens (tertiary/aromatic N) is 1. The van der Waals surface area contributed by atoms with Gasteiger partial charge in [0.2, 0.25) is 0 Å². The van der Waals surface area contributed by atoms with E-state index in [1.165, 1.54) is 0 Å². The Morgan fingerprint density at radius 1 is 1.41 bits per heavy atom. The predicted molar refractivity (Wildman–Crippen MR) is 83.4 cm³/mol. The number of benzene rings is 1. The van der Waals surface area contributed by atoms with Crippen molar-refractivity contribution in [3.63, 3.8) is 0 Å². The van der Waals surface area contributed by atoms with Crippen molar-refractivity contribution in [3.05, 3.63) is 23.8 Å². The van der Waals surface area contributed by atoms with E-state index in [2.05, 4.69) is 10.2 Å². The summed E-state index contributed by atoms with van der Waals surface area (Å²) in [5.74, 6) is 0.796. The van der Waals surface area contributed by atoms with Crippen molar-refractivity contribution in [3.8, 4) is 11.5 Å². The van der Waals surface area contributed by atoms with Gasteiger partial charge in [0.25, 0.3) is 0 Å². The molecule has 0 saturated carbocycles. The maximum atomic E-state index is 11.2. The molecule has 0 bridgehead atoms. The van der Waals surface area contributed by atoms with Crippen LogP contribution in [0.3, 0.4) is 0 Å². The number of likely N-dealkylation sites (N-methyl/N-ethyl adjacent to an activating group) is 1. The molecule has 0 aliphatic carbocycles. The fourth-order valence-corrected chi connectivity index (χ4v) is 3.08. The van der Waals surface area contributed by atoms with Crippen LogP contribution in [-0.2, 0) is 11.3 Å². The van der Waals surface area contributed by atoms with Crippen molar-refractivity contribution in [1.29, 1.82) is 0 Å². The fourth-order valence-electron chi connectivity index (χ4n) is 3.08. The Labute approximate surface area is 131 Å². The lowest BCUT2D eigenvalue weighted by atomic mass is 9.99. The number of methoxy groups -OCH3 is 2. The highest BCUT2D eigenvalue weighted by atomic mass is 16.5. The van der Waals surface area contributed by atoms with E-state index in [-0.39, 0.29) is 5.92 Å². The third kappa shape index (κ3) is 3.69. The monoisotopic (exact) mass is 308 g/mol. The molecule has 1 fully saturated rings. The van der Waals surface area contributed by atoms with Crippen molar-refractivity contribution in [1.82, 2.24) is 10.2 Å². The Bertz CT molecular complexity index is 521. The molecule has 0 spiro atoms. The quantitative estimate of drug-likeness (QED) is 0.789. The van der Waals surface area contributed by atoms with E-state index in [0.717, 1.165) is 37.4 Å². The molecule has 2 atom stereocenters. The van der Waals surface area contributed by atoms with Crippen LogP contribution in [0.5, 0.6) is 11.5 Å². The Kier molecular flexibility index (Phi) is 5.63. The standard InChI is InChI=1S/C16H24N2O4/c1-17-15(16(19)20)12-6-7-18(10-12)9-11-4-5-13(21-2)14(8-11)22-3/h4-5,8,12,15,17H,6-7,9-10H2,1-3H3,(H,19,20). The Morgan fingerprint density at radius 3 is 2.73 bits per heavy atom. The zero-order valence-electron chi connectivity index (χ0n) is 13.3. The molecule has 0 amide bonds. The Hall–Kier alpha value is -1.79. The maximum Gasteiger partial charge on any atom is 0.321 e. The summed E-state index contributed by atoms with van der Waals surface area (Å²) in [6.07, 6.45) is 0.894. The molecular weight excluding hydrogens is 284 g/mol. The number of aliphatic carboxylic acids is 1. The highest BCUT2D eigenvalue weighted by Crippen LogP contribution is 2.29. The SMILES string of the molecule is CNC(C(=O)O)C1CCN(Cc2ccc(OC)c(OC)c2)C1. The molecule has 122 valence electrons. The summed E-state index contributed by atoms with van der Waals surface area (Å²) in [5.41, 5.74) is 1.13.